The molecule has 1 aromatic rings. The predicted molar refractivity (Wildman–Crippen MR) is 73.9 cm³/mol. The second-order valence-corrected chi connectivity index (χ2v) is 4.45. The van der Waals surface area contributed by atoms with Crippen molar-refractivity contribution in [3.8, 4) is 0 Å². The zero-order valence-electron chi connectivity index (χ0n) is 11.4. The van der Waals surface area contributed by atoms with Crippen LogP contribution in [0.2, 0.25) is 0 Å². The lowest BCUT2D eigenvalue weighted by Gasteiger charge is -2.08. The number of anilines is 1. The van der Waals surface area contributed by atoms with Crippen LogP contribution in [0.1, 0.15) is 17.5 Å². The van der Waals surface area contributed by atoms with Crippen LogP contribution in [0.4, 0.5) is 5.69 Å². The SMILES string of the molecule is COCCCNCC(=O)Nc1cc(C)cc(C)c1. The third-order valence-electron chi connectivity index (χ3n) is 2.49. The van der Waals surface area contributed by atoms with E-state index in [-0.39, 0.29) is 5.91 Å². The molecule has 0 saturated carbocycles. The maximum atomic E-state index is 11.7. The highest BCUT2D eigenvalue weighted by Crippen LogP contribution is 2.13. The van der Waals surface area contributed by atoms with Crippen molar-refractivity contribution in [2.24, 2.45) is 0 Å². The average molecular weight is 250 g/mol. The number of hydrogen-bond acceptors (Lipinski definition) is 3. The van der Waals surface area contributed by atoms with Crippen LogP contribution in [0, 0.1) is 13.8 Å². The number of ether oxygens (including phenoxy) is 1. The molecular weight excluding hydrogens is 228 g/mol. The molecule has 18 heavy (non-hydrogen) atoms. The molecule has 0 aliphatic rings. The van der Waals surface area contributed by atoms with Crippen LogP contribution in [-0.4, -0.2) is 32.7 Å². The monoisotopic (exact) mass is 250 g/mol. The Bertz CT molecular complexity index is 371. The molecule has 0 aliphatic heterocycles. The number of nitrogens with one attached hydrogen (secondary N) is 2. The van der Waals surface area contributed by atoms with Gasteiger partial charge in [0.05, 0.1) is 6.54 Å². The number of benzene rings is 1. The van der Waals surface area contributed by atoms with Gasteiger partial charge in [-0.05, 0) is 50.1 Å². The van der Waals surface area contributed by atoms with Crippen LogP contribution in [0.5, 0.6) is 0 Å². The Balaban J connectivity index is 2.31. The van der Waals surface area contributed by atoms with Gasteiger partial charge in [0.15, 0.2) is 0 Å². The summed E-state index contributed by atoms with van der Waals surface area (Å²) in [4.78, 5) is 11.7. The average Bonchev–Trinajstić information content (AvgIpc) is 2.27. The summed E-state index contributed by atoms with van der Waals surface area (Å²) in [5.74, 6) is -0.0163. The minimum atomic E-state index is -0.0163. The summed E-state index contributed by atoms with van der Waals surface area (Å²) in [6.07, 6.45) is 0.910. The lowest BCUT2D eigenvalue weighted by Crippen LogP contribution is -2.29. The number of aryl methyl sites for hydroxylation is 2. The zero-order chi connectivity index (χ0) is 13.4. The van der Waals surface area contributed by atoms with Crippen LogP contribution in [0.3, 0.4) is 0 Å². The first-order chi connectivity index (χ1) is 8.61. The third kappa shape index (κ3) is 5.80. The van der Waals surface area contributed by atoms with Crippen molar-refractivity contribution in [1.82, 2.24) is 5.32 Å². The number of hydrogen-bond donors (Lipinski definition) is 2. The van der Waals surface area contributed by atoms with E-state index >= 15 is 0 Å². The van der Waals surface area contributed by atoms with Crippen molar-refractivity contribution in [3.05, 3.63) is 29.3 Å². The van der Waals surface area contributed by atoms with Gasteiger partial charge in [0.1, 0.15) is 0 Å². The molecule has 4 nitrogen and oxygen atoms in total. The molecule has 0 saturated heterocycles. The highest BCUT2D eigenvalue weighted by atomic mass is 16.5. The van der Waals surface area contributed by atoms with Crippen molar-refractivity contribution in [3.63, 3.8) is 0 Å². The van der Waals surface area contributed by atoms with Crippen molar-refractivity contribution in [1.29, 1.82) is 0 Å². The summed E-state index contributed by atoms with van der Waals surface area (Å²) in [6.45, 7) is 5.87. The number of rotatable bonds is 7. The summed E-state index contributed by atoms with van der Waals surface area (Å²) >= 11 is 0. The van der Waals surface area contributed by atoms with Gasteiger partial charge in [0, 0.05) is 19.4 Å². The van der Waals surface area contributed by atoms with Crippen LogP contribution < -0.4 is 10.6 Å². The lowest BCUT2D eigenvalue weighted by molar-refractivity contribution is -0.115. The molecule has 0 bridgehead atoms. The van der Waals surface area contributed by atoms with E-state index in [4.69, 9.17) is 4.74 Å². The number of carbonyl (C=O) groups excluding carboxylic acids is 1. The molecule has 100 valence electrons. The fraction of sp³-hybridized carbons (Fsp3) is 0.500. The van der Waals surface area contributed by atoms with E-state index in [1.165, 1.54) is 0 Å². The molecule has 0 fully saturated rings. The maximum Gasteiger partial charge on any atom is 0.238 e. The Labute approximate surface area is 109 Å². The standard InChI is InChI=1S/C14H22N2O2/c1-11-7-12(2)9-13(8-11)16-14(17)10-15-5-4-6-18-3/h7-9,15H,4-6,10H2,1-3H3,(H,16,17). The molecule has 0 radical (unpaired) electrons. The molecule has 0 spiro atoms. The Morgan fingerprint density at radius 3 is 2.50 bits per heavy atom. The van der Waals surface area contributed by atoms with Crippen molar-refractivity contribution < 1.29 is 9.53 Å². The van der Waals surface area contributed by atoms with Gasteiger partial charge in [-0.2, -0.15) is 0 Å². The molecule has 0 aliphatic carbocycles. The number of amides is 1. The number of methoxy groups -OCH3 is 1. The van der Waals surface area contributed by atoms with Gasteiger partial charge in [0.2, 0.25) is 5.91 Å². The van der Waals surface area contributed by atoms with Crippen LogP contribution >= 0.6 is 0 Å². The van der Waals surface area contributed by atoms with E-state index in [1.54, 1.807) is 7.11 Å². The van der Waals surface area contributed by atoms with Gasteiger partial charge >= 0.3 is 0 Å². The smallest absolute Gasteiger partial charge is 0.238 e. The van der Waals surface area contributed by atoms with E-state index in [2.05, 4.69) is 16.7 Å². The molecule has 0 heterocycles. The normalized spacial score (nSPS) is 10.4. The number of carbonyl (C=O) groups is 1. The largest absolute Gasteiger partial charge is 0.385 e. The first kappa shape index (κ1) is 14.7. The van der Waals surface area contributed by atoms with Crippen LogP contribution in [0.25, 0.3) is 0 Å². The zero-order valence-corrected chi connectivity index (χ0v) is 11.4. The summed E-state index contributed by atoms with van der Waals surface area (Å²) in [5, 5.41) is 5.96. The minimum absolute atomic E-state index is 0.0163. The van der Waals surface area contributed by atoms with E-state index in [0.29, 0.717) is 13.2 Å². The Kier molecular flexibility index (Phi) is 6.39. The molecule has 0 aromatic heterocycles. The van der Waals surface area contributed by atoms with E-state index < -0.39 is 0 Å². The Morgan fingerprint density at radius 2 is 1.89 bits per heavy atom. The molecule has 0 unspecified atom stereocenters. The molecule has 2 N–H and O–H groups in total. The fourth-order valence-corrected chi connectivity index (χ4v) is 1.80. The summed E-state index contributed by atoms with van der Waals surface area (Å²) in [5.41, 5.74) is 3.16. The summed E-state index contributed by atoms with van der Waals surface area (Å²) in [7, 11) is 1.67. The van der Waals surface area contributed by atoms with Gasteiger partial charge in [-0.25, -0.2) is 0 Å². The minimum Gasteiger partial charge on any atom is -0.385 e. The molecule has 4 heteroatoms. The van der Waals surface area contributed by atoms with Crippen molar-refractivity contribution in [2.45, 2.75) is 20.3 Å². The van der Waals surface area contributed by atoms with Crippen LogP contribution in [0.15, 0.2) is 18.2 Å². The van der Waals surface area contributed by atoms with E-state index in [0.717, 1.165) is 29.8 Å². The third-order valence-corrected chi connectivity index (χ3v) is 2.49. The first-order valence-corrected chi connectivity index (χ1v) is 6.19. The molecular formula is C14H22N2O2. The summed E-state index contributed by atoms with van der Waals surface area (Å²) in [6, 6.07) is 6.02. The lowest BCUT2D eigenvalue weighted by atomic mass is 10.1. The topological polar surface area (TPSA) is 50.4 Å². The second-order valence-electron chi connectivity index (χ2n) is 4.45. The Morgan fingerprint density at radius 1 is 1.22 bits per heavy atom. The predicted octanol–water partition coefficient (Wildman–Crippen LogP) is 1.87. The second kappa shape index (κ2) is 7.84. The molecule has 0 atom stereocenters. The fourth-order valence-electron chi connectivity index (χ4n) is 1.80. The van der Waals surface area contributed by atoms with Gasteiger partial charge < -0.3 is 15.4 Å². The van der Waals surface area contributed by atoms with Crippen molar-refractivity contribution >= 4 is 11.6 Å². The van der Waals surface area contributed by atoms with Crippen LogP contribution in [-0.2, 0) is 9.53 Å². The van der Waals surface area contributed by atoms with Gasteiger partial charge in [0.25, 0.3) is 0 Å². The highest BCUT2D eigenvalue weighted by molar-refractivity contribution is 5.92. The van der Waals surface area contributed by atoms with Gasteiger partial charge in [-0.3, -0.25) is 4.79 Å². The van der Waals surface area contributed by atoms with E-state index in [1.807, 2.05) is 26.0 Å². The highest BCUT2D eigenvalue weighted by Gasteiger charge is 2.02. The van der Waals surface area contributed by atoms with Crippen molar-refractivity contribution in [2.75, 3.05) is 32.1 Å². The van der Waals surface area contributed by atoms with E-state index in [9.17, 15) is 4.79 Å². The summed E-state index contributed by atoms with van der Waals surface area (Å²) < 4.78 is 4.93. The molecule has 1 rings (SSSR count). The Hall–Kier alpha value is -1.39. The first-order valence-electron chi connectivity index (χ1n) is 6.19. The molecule has 1 aromatic carbocycles. The van der Waals surface area contributed by atoms with Gasteiger partial charge in [-0.1, -0.05) is 6.07 Å². The quantitative estimate of drug-likeness (QED) is 0.726. The maximum absolute atomic E-state index is 11.7. The molecule has 1 amide bonds. The van der Waals surface area contributed by atoms with Gasteiger partial charge in [-0.15, -0.1) is 0 Å².